The first-order chi connectivity index (χ1) is 12.7. The molecule has 1 N–H and O–H groups in total. The molecule has 0 unspecified atom stereocenters. The standard InChI is InChI=1S/C18H16ClNO6S/c1-27(24,25)20-7-6-11-8-12(2-4-15(11)20)17(22)10-26-18(23)14-9-13(19)3-5-16(14)21/h2-5,8-9,21H,6-7,10H2,1H3. The average Bonchev–Trinajstić information content (AvgIpc) is 3.04. The van der Waals surface area contributed by atoms with Crippen molar-refractivity contribution in [1.82, 2.24) is 0 Å². The Morgan fingerprint density at radius 2 is 1.96 bits per heavy atom. The molecular formula is C18H16ClNO6S. The van der Waals surface area contributed by atoms with Crippen molar-refractivity contribution in [2.75, 3.05) is 23.7 Å². The molecule has 9 heteroatoms. The van der Waals surface area contributed by atoms with Crippen LogP contribution in [-0.2, 0) is 21.2 Å². The maximum atomic E-state index is 12.3. The summed E-state index contributed by atoms with van der Waals surface area (Å²) in [6.07, 6.45) is 1.63. The van der Waals surface area contributed by atoms with Gasteiger partial charge in [0.2, 0.25) is 10.0 Å². The fourth-order valence-corrected chi connectivity index (χ4v) is 3.98. The van der Waals surface area contributed by atoms with Gasteiger partial charge in [-0.15, -0.1) is 0 Å². The van der Waals surface area contributed by atoms with Crippen molar-refractivity contribution >= 4 is 39.1 Å². The van der Waals surface area contributed by atoms with Crippen molar-refractivity contribution in [3.63, 3.8) is 0 Å². The van der Waals surface area contributed by atoms with E-state index in [1.54, 1.807) is 12.1 Å². The summed E-state index contributed by atoms with van der Waals surface area (Å²) in [4.78, 5) is 24.3. The molecule has 0 saturated carbocycles. The Bertz CT molecular complexity index is 1030. The lowest BCUT2D eigenvalue weighted by Crippen LogP contribution is -2.27. The van der Waals surface area contributed by atoms with Crippen molar-refractivity contribution in [1.29, 1.82) is 0 Å². The molecule has 2 aromatic carbocycles. The molecular weight excluding hydrogens is 394 g/mol. The number of ketones is 1. The van der Waals surface area contributed by atoms with Crippen LogP contribution in [0, 0.1) is 0 Å². The average molecular weight is 410 g/mol. The Morgan fingerprint density at radius 1 is 1.22 bits per heavy atom. The van der Waals surface area contributed by atoms with Gasteiger partial charge in [0, 0.05) is 17.1 Å². The summed E-state index contributed by atoms with van der Waals surface area (Å²) >= 11 is 5.78. The summed E-state index contributed by atoms with van der Waals surface area (Å²) in [5, 5.41) is 9.94. The Labute approximate surface area is 161 Å². The number of sulfonamides is 1. The molecule has 7 nitrogen and oxygen atoms in total. The first kappa shape index (κ1) is 19.2. The van der Waals surface area contributed by atoms with Gasteiger partial charge < -0.3 is 9.84 Å². The number of esters is 1. The zero-order chi connectivity index (χ0) is 19.8. The minimum Gasteiger partial charge on any atom is -0.507 e. The number of benzene rings is 2. The summed E-state index contributed by atoms with van der Waals surface area (Å²) in [6, 6.07) is 8.60. The van der Waals surface area contributed by atoms with E-state index < -0.39 is 28.4 Å². The van der Waals surface area contributed by atoms with Gasteiger partial charge in [-0.2, -0.15) is 0 Å². The maximum absolute atomic E-state index is 12.3. The number of carbonyl (C=O) groups is 2. The van der Waals surface area contributed by atoms with Crippen LogP contribution >= 0.6 is 11.6 Å². The lowest BCUT2D eigenvalue weighted by molar-refractivity contribution is 0.0472. The van der Waals surface area contributed by atoms with Gasteiger partial charge in [-0.3, -0.25) is 9.10 Å². The van der Waals surface area contributed by atoms with Gasteiger partial charge in [-0.25, -0.2) is 13.2 Å². The van der Waals surface area contributed by atoms with E-state index in [1.807, 2.05) is 0 Å². The number of Topliss-reactive ketones (excluding diaryl/α,β-unsaturated/α-hetero) is 1. The van der Waals surface area contributed by atoms with Crippen LogP contribution in [0.15, 0.2) is 36.4 Å². The third-order valence-electron chi connectivity index (χ3n) is 4.17. The molecule has 0 fully saturated rings. The largest absolute Gasteiger partial charge is 0.507 e. The topological polar surface area (TPSA) is 101 Å². The fraction of sp³-hybridized carbons (Fsp3) is 0.222. The minimum absolute atomic E-state index is 0.131. The first-order valence-electron chi connectivity index (χ1n) is 7.96. The Hall–Kier alpha value is -2.58. The van der Waals surface area contributed by atoms with E-state index in [0.29, 0.717) is 24.2 Å². The predicted molar refractivity (Wildman–Crippen MR) is 100 cm³/mol. The molecule has 0 radical (unpaired) electrons. The van der Waals surface area contributed by atoms with Gasteiger partial charge in [0.15, 0.2) is 12.4 Å². The number of carbonyl (C=O) groups excluding carboxylic acids is 2. The number of hydrogen-bond donors (Lipinski definition) is 1. The van der Waals surface area contributed by atoms with E-state index in [2.05, 4.69) is 0 Å². The fourth-order valence-electron chi connectivity index (χ4n) is 2.85. The maximum Gasteiger partial charge on any atom is 0.342 e. The number of ether oxygens (including phenoxy) is 1. The second kappa shape index (κ2) is 7.21. The first-order valence-corrected chi connectivity index (χ1v) is 10.2. The molecule has 0 aromatic heterocycles. The Morgan fingerprint density at radius 3 is 2.67 bits per heavy atom. The number of aromatic hydroxyl groups is 1. The van der Waals surface area contributed by atoms with Gasteiger partial charge in [0.05, 0.1) is 11.9 Å². The van der Waals surface area contributed by atoms with E-state index in [-0.39, 0.29) is 16.3 Å². The highest BCUT2D eigenvalue weighted by Gasteiger charge is 2.27. The van der Waals surface area contributed by atoms with Crippen molar-refractivity contribution in [3.8, 4) is 5.75 Å². The van der Waals surface area contributed by atoms with Crippen LogP contribution in [0.2, 0.25) is 5.02 Å². The molecule has 1 aliphatic rings. The molecule has 142 valence electrons. The van der Waals surface area contributed by atoms with Crippen LogP contribution in [0.4, 0.5) is 5.69 Å². The van der Waals surface area contributed by atoms with Crippen LogP contribution in [0.1, 0.15) is 26.3 Å². The van der Waals surface area contributed by atoms with E-state index >= 15 is 0 Å². The number of anilines is 1. The molecule has 1 heterocycles. The number of halogens is 1. The smallest absolute Gasteiger partial charge is 0.342 e. The van der Waals surface area contributed by atoms with Gasteiger partial charge in [-0.05, 0) is 48.4 Å². The van der Waals surface area contributed by atoms with Gasteiger partial charge in [0.25, 0.3) is 0 Å². The molecule has 0 aliphatic carbocycles. The van der Waals surface area contributed by atoms with Gasteiger partial charge >= 0.3 is 5.97 Å². The molecule has 0 spiro atoms. The molecule has 2 aromatic rings. The summed E-state index contributed by atoms with van der Waals surface area (Å²) in [5.74, 6) is -1.60. The summed E-state index contributed by atoms with van der Waals surface area (Å²) in [5.41, 5.74) is 1.47. The summed E-state index contributed by atoms with van der Waals surface area (Å²) in [6.45, 7) is -0.186. The highest BCUT2D eigenvalue weighted by atomic mass is 35.5. The van der Waals surface area contributed by atoms with Crippen LogP contribution < -0.4 is 4.31 Å². The van der Waals surface area contributed by atoms with Crippen molar-refractivity contribution in [2.24, 2.45) is 0 Å². The van der Waals surface area contributed by atoms with E-state index in [9.17, 15) is 23.1 Å². The molecule has 0 bridgehead atoms. The van der Waals surface area contributed by atoms with Gasteiger partial charge in [0.1, 0.15) is 11.3 Å². The molecule has 0 amide bonds. The predicted octanol–water partition coefficient (Wildman–Crippen LogP) is 2.41. The van der Waals surface area contributed by atoms with Crippen molar-refractivity contribution in [3.05, 3.63) is 58.1 Å². The van der Waals surface area contributed by atoms with Crippen LogP contribution in [-0.4, -0.2) is 44.7 Å². The van der Waals surface area contributed by atoms with E-state index in [4.69, 9.17) is 16.3 Å². The number of phenolic OH excluding ortho intramolecular Hbond substituents is 1. The summed E-state index contributed by atoms with van der Waals surface area (Å²) < 4.78 is 29.8. The highest BCUT2D eigenvalue weighted by molar-refractivity contribution is 7.92. The zero-order valence-electron chi connectivity index (χ0n) is 14.3. The molecule has 0 saturated heterocycles. The van der Waals surface area contributed by atoms with Crippen molar-refractivity contribution in [2.45, 2.75) is 6.42 Å². The number of phenols is 1. The molecule has 27 heavy (non-hydrogen) atoms. The molecule has 3 rings (SSSR count). The van der Waals surface area contributed by atoms with Crippen LogP contribution in [0.25, 0.3) is 0 Å². The number of rotatable bonds is 5. The van der Waals surface area contributed by atoms with E-state index in [1.165, 1.54) is 28.6 Å². The Kier molecular flexibility index (Phi) is 5.12. The van der Waals surface area contributed by atoms with Crippen molar-refractivity contribution < 1.29 is 27.9 Å². The monoisotopic (exact) mass is 409 g/mol. The minimum atomic E-state index is -3.36. The lowest BCUT2D eigenvalue weighted by Gasteiger charge is -2.16. The number of hydrogen-bond acceptors (Lipinski definition) is 6. The quantitative estimate of drug-likeness (QED) is 0.601. The Balaban J connectivity index is 1.71. The summed E-state index contributed by atoms with van der Waals surface area (Å²) in [7, 11) is -3.36. The molecule has 0 atom stereocenters. The second-order valence-electron chi connectivity index (χ2n) is 6.09. The van der Waals surface area contributed by atoms with Gasteiger partial charge in [-0.1, -0.05) is 11.6 Å². The normalized spacial score (nSPS) is 13.3. The third kappa shape index (κ3) is 4.06. The molecule has 1 aliphatic heterocycles. The van der Waals surface area contributed by atoms with Crippen LogP contribution in [0.5, 0.6) is 5.75 Å². The highest BCUT2D eigenvalue weighted by Crippen LogP contribution is 2.31. The third-order valence-corrected chi connectivity index (χ3v) is 5.58. The number of nitrogens with zero attached hydrogens (tertiary/aromatic N) is 1. The second-order valence-corrected chi connectivity index (χ2v) is 8.43. The zero-order valence-corrected chi connectivity index (χ0v) is 15.9. The lowest BCUT2D eigenvalue weighted by atomic mass is 10.1. The SMILES string of the molecule is CS(=O)(=O)N1CCc2cc(C(=O)COC(=O)c3cc(Cl)ccc3O)ccc21. The number of fused-ring (bicyclic) bond motifs is 1. The van der Waals surface area contributed by atoms with E-state index in [0.717, 1.165) is 11.8 Å². The van der Waals surface area contributed by atoms with Crippen LogP contribution in [0.3, 0.4) is 0 Å².